The van der Waals surface area contributed by atoms with Gasteiger partial charge in [-0.05, 0) is 98.1 Å². The van der Waals surface area contributed by atoms with Gasteiger partial charge in [-0.3, -0.25) is 14.6 Å². The number of oxazole rings is 2. The summed E-state index contributed by atoms with van der Waals surface area (Å²) in [4.78, 5) is 25.3. The smallest absolute Gasteiger partial charge is 0.387 e. The largest absolute Gasteiger partial charge is 0.480 e. The van der Waals surface area contributed by atoms with Crippen molar-refractivity contribution in [3.05, 3.63) is 82.9 Å². The van der Waals surface area contributed by atoms with E-state index in [-0.39, 0.29) is 34.9 Å². The van der Waals surface area contributed by atoms with Crippen molar-refractivity contribution >= 4 is 28.2 Å². The minimum atomic E-state index is -3.09. The number of nitrogens with zero attached hydrogens (tertiary/aromatic N) is 4. The lowest BCUT2D eigenvalue weighted by atomic mass is 9.91. The highest BCUT2D eigenvalue weighted by atomic mass is 19.3. The first-order chi connectivity index (χ1) is 27.2. The molecule has 1 N–H and O–H groups in total. The van der Waals surface area contributed by atoms with Crippen LogP contribution in [0.5, 0.6) is 11.5 Å². The molecule has 0 amide bonds. The van der Waals surface area contributed by atoms with Crippen LogP contribution in [0.1, 0.15) is 55.4 Å². The molecule has 2 saturated heterocycles. The molecule has 0 saturated carbocycles. The van der Waals surface area contributed by atoms with E-state index in [1.165, 1.54) is 12.1 Å². The first-order valence-electron chi connectivity index (χ1n) is 18.9. The fourth-order valence-electron chi connectivity index (χ4n) is 8.32. The summed E-state index contributed by atoms with van der Waals surface area (Å²) in [6, 6.07) is 17.0. The summed E-state index contributed by atoms with van der Waals surface area (Å²) >= 11 is 0. The molecule has 14 heteroatoms. The molecule has 0 unspecified atom stereocenters. The molecular formula is C43H42F4N4O6. The van der Waals surface area contributed by atoms with Crippen LogP contribution in [0.2, 0.25) is 0 Å². The molecule has 2 fully saturated rings. The van der Waals surface area contributed by atoms with E-state index in [0.717, 1.165) is 47.3 Å². The number of alkyl halides is 4. The summed E-state index contributed by atoms with van der Waals surface area (Å²) < 4.78 is 76.3. The van der Waals surface area contributed by atoms with Gasteiger partial charge in [-0.15, -0.1) is 0 Å². The predicted molar refractivity (Wildman–Crippen MR) is 205 cm³/mol. The van der Waals surface area contributed by atoms with Crippen molar-refractivity contribution in [1.82, 2.24) is 19.8 Å². The average Bonchev–Trinajstić information content (AvgIpc) is 3.94. The van der Waals surface area contributed by atoms with Gasteiger partial charge in [0.2, 0.25) is 11.8 Å². The summed E-state index contributed by atoms with van der Waals surface area (Å²) in [6.45, 7) is 4.97. The highest BCUT2D eigenvalue weighted by molar-refractivity contribution is 5.85. The number of fused-ring (bicyclic) bond motifs is 2. The van der Waals surface area contributed by atoms with Crippen LogP contribution in [-0.4, -0.2) is 69.7 Å². The van der Waals surface area contributed by atoms with E-state index in [1.54, 1.807) is 17.0 Å². The number of halogens is 4. The second-order valence-corrected chi connectivity index (χ2v) is 15.7. The first-order valence-corrected chi connectivity index (χ1v) is 18.9. The van der Waals surface area contributed by atoms with E-state index in [1.807, 2.05) is 50.2 Å². The lowest BCUT2D eigenvalue weighted by Crippen LogP contribution is -2.35. The van der Waals surface area contributed by atoms with Gasteiger partial charge < -0.3 is 23.4 Å². The van der Waals surface area contributed by atoms with E-state index in [9.17, 15) is 27.5 Å². The van der Waals surface area contributed by atoms with Gasteiger partial charge in [0, 0.05) is 54.0 Å². The number of aromatic nitrogens is 2. The maximum Gasteiger partial charge on any atom is 0.387 e. The lowest BCUT2D eigenvalue weighted by molar-refractivity contribution is -0.142. The van der Waals surface area contributed by atoms with Gasteiger partial charge in [0.05, 0.1) is 0 Å². The van der Waals surface area contributed by atoms with E-state index in [2.05, 4.69) is 18.7 Å². The fourth-order valence-corrected chi connectivity index (χ4v) is 8.32. The summed E-state index contributed by atoms with van der Waals surface area (Å²) in [5.74, 6) is -0.383. The van der Waals surface area contributed by atoms with Crippen molar-refractivity contribution in [1.29, 1.82) is 0 Å². The monoisotopic (exact) mass is 786 g/mol. The highest BCUT2D eigenvalue weighted by Gasteiger charge is 2.32. The van der Waals surface area contributed by atoms with Gasteiger partial charge in [0.25, 0.3) is 0 Å². The van der Waals surface area contributed by atoms with Gasteiger partial charge in [-0.2, -0.15) is 17.6 Å². The zero-order chi connectivity index (χ0) is 40.2. The van der Waals surface area contributed by atoms with Gasteiger partial charge in [0.1, 0.15) is 28.6 Å². The molecule has 57 heavy (non-hydrogen) atoms. The van der Waals surface area contributed by atoms with Crippen LogP contribution in [0, 0.1) is 19.3 Å². The molecule has 1 atom stereocenters. The van der Waals surface area contributed by atoms with Crippen molar-refractivity contribution in [3.8, 4) is 45.5 Å². The van der Waals surface area contributed by atoms with E-state index in [0.29, 0.717) is 65.1 Å². The number of aliphatic carboxylic acids is 1. The first kappa shape index (κ1) is 38.4. The van der Waals surface area contributed by atoms with E-state index >= 15 is 0 Å². The van der Waals surface area contributed by atoms with Crippen molar-refractivity contribution in [3.63, 3.8) is 0 Å². The van der Waals surface area contributed by atoms with Gasteiger partial charge in [0.15, 0.2) is 11.2 Å². The number of rotatable bonds is 12. The second kappa shape index (κ2) is 15.1. The molecule has 0 spiro atoms. The zero-order valence-electron chi connectivity index (χ0n) is 32.0. The summed E-state index contributed by atoms with van der Waals surface area (Å²) in [6.07, 6.45) is 2.17. The Bertz CT molecular complexity index is 2480. The Balaban J connectivity index is 1.12. The summed E-state index contributed by atoms with van der Waals surface area (Å²) in [5.41, 5.74) is 7.55. The van der Waals surface area contributed by atoms with Crippen LogP contribution < -0.4 is 9.47 Å². The zero-order valence-corrected chi connectivity index (χ0v) is 32.0. The van der Waals surface area contributed by atoms with Crippen molar-refractivity contribution in [2.24, 2.45) is 5.41 Å². The number of benzene rings is 4. The third-order valence-electron chi connectivity index (χ3n) is 11.2. The lowest BCUT2D eigenvalue weighted by Gasteiger charge is -2.22. The van der Waals surface area contributed by atoms with Crippen LogP contribution in [0.25, 0.3) is 56.2 Å². The number of hydrogen-bond donors (Lipinski definition) is 1. The number of likely N-dealkylation sites (tertiary alicyclic amines) is 2. The number of carbonyl (C=O) groups is 1. The molecule has 4 aromatic carbocycles. The van der Waals surface area contributed by atoms with Crippen LogP contribution >= 0.6 is 0 Å². The molecule has 0 bridgehead atoms. The number of ether oxygens (including phenoxy) is 2. The Kier molecular flexibility index (Phi) is 10.2. The molecule has 8 rings (SSSR count). The number of carboxylic acid groups (broad SMARTS) is 1. The van der Waals surface area contributed by atoms with Crippen LogP contribution in [0.15, 0.2) is 69.5 Å². The Morgan fingerprint density at radius 1 is 0.807 bits per heavy atom. The van der Waals surface area contributed by atoms with E-state index in [4.69, 9.17) is 28.3 Å². The van der Waals surface area contributed by atoms with Crippen molar-refractivity contribution < 1.29 is 45.8 Å². The molecule has 2 aliphatic heterocycles. The fraction of sp³-hybridized carbons (Fsp3) is 0.372. The van der Waals surface area contributed by atoms with Gasteiger partial charge >= 0.3 is 19.2 Å². The topological polar surface area (TPSA) is 114 Å². The van der Waals surface area contributed by atoms with E-state index < -0.39 is 25.2 Å². The molecule has 2 aliphatic rings. The Labute approximate surface area is 326 Å². The maximum absolute atomic E-state index is 13.5. The SMILES string of the molecule is Cc1c(-c2nc3cc(CN4CCC(C)(C)C4)c(OC(F)F)cc3o2)cccc1-c1cccc(-c2nc3cc(CN4CCC[C@H]4C(=O)O)c(OC(F)F)cc3o2)c1C. The molecule has 298 valence electrons. The number of hydrogen-bond acceptors (Lipinski definition) is 9. The van der Waals surface area contributed by atoms with Crippen molar-refractivity contribution in [2.75, 3.05) is 19.6 Å². The minimum Gasteiger partial charge on any atom is -0.480 e. The molecule has 6 aromatic rings. The molecule has 4 heterocycles. The molecule has 0 aliphatic carbocycles. The normalized spacial score (nSPS) is 17.5. The molecule has 0 radical (unpaired) electrons. The molecule has 2 aromatic heterocycles. The Morgan fingerprint density at radius 3 is 1.79 bits per heavy atom. The Morgan fingerprint density at radius 2 is 1.32 bits per heavy atom. The third-order valence-corrected chi connectivity index (χ3v) is 11.2. The summed E-state index contributed by atoms with van der Waals surface area (Å²) in [7, 11) is 0. The predicted octanol–water partition coefficient (Wildman–Crippen LogP) is 10.1. The van der Waals surface area contributed by atoms with Crippen LogP contribution in [0.3, 0.4) is 0 Å². The van der Waals surface area contributed by atoms with Crippen molar-refractivity contribution in [2.45, 2.75) is 79.3 Å². The standard InChI is InChI=1S/C43H42F4N4O6/c1-23-27(8-5-10-29(23)38-48-31-16-25(20-50-15-13-43(3,4)22-50)34(56-41(44)45)18-36(31)54-38)28-9-6-11-30(24(28)2)39-49-32-17-26(21-51-14-7-12-33(51)40(52)53)35(57-42(46)47)19-37(32)55-39/h5-6,8-11,16-19,33,41-42H,7,12-15,20-22H2,1-4H3,(H,52,53)/t33-/m0/s1. The molecule has 10 nitrogen and oxygen atoms in total. The third kappa shape index (κ3) is 7.80. The minimum absolute atomic E-state index is 0.0643. The number of carboxylic acids is 1. The Hall–Kier alpha value is -5.47. The second-order valence-electron chi connectivity index (χ2n) is 15.7. The maximum atomic E-state index is 13.5. The quantitative estimate of drug-likeness (QED) is 0.120. The average molecular weight is 787 g/mol. The highest BCUT2D eigenvalue weighted by Crippen LogP contribution is 2.40. The van der Waals surface area contributed by atoms with Gasteiger partial charge in [-0.25, -0.2) is 9.97 Å². The van der Waals surface area contributed by atoms with Gasteiger partial charge in [-0.1, -0.05) is 38.1 Å². The molecular weight excluding hydrogens is 744 g/mol. The van der Waals surface area contributed by atoms with Crippen LogP contribution in [0.4, 0.5) is 17.6 Å². The summed E-state index contributed by atoms with van der Waals surface area (Å²) in [5, 5.41) is 9.67. The van der Waals surface area contributed by atoms with Crippen LogP contribution in [-0.2, 0) is 17.9 Å².